The highest BCUT2D eigenvalue weighted by molar-refractivity contribution is 5.51. The smallest absolute Gasteiger partial charge is 0.134 e. The number of hydrogen-bond acceptors (Lipinski definition) is 5. The molecule has 0 saturated carbocycles. The lowest BCUT2D eigenvalue weighted by Crippen LogP contribution is -2.44. The SMILES string of the molecule is Cc1nc(N(C)C)cc(N2CCCCC2CN)n1. The van der Waals surface area contributed by atoms with Crippen LogP contribution in [-0.4, -0.2) is 43.2 Å². The van der Waals surface area contributed by atoms with Crippen molar-refractivity contribution in [3.63, 3.8) is 0 Å². The van der Waals surface area contributed by atoms with E-state index in [0.29, 0.717) is 12.6 Å². The van der Waals surface area contributed by atoms with Crippen molar-refractivity contribution < 1.29 is 0 Å². The fraction of sp³-hybridized carbons (Fsp3) is 0.692. The van der Waals surface area contributed by atoms with Gasteiger partial charge in [0.25, 0.3) is 0 Å². The van der Waals surface area contributed by atoms with Crippen LogP contribution in [0.4, 0.5) is 11.6 Å². The fourth-order valence-electron chi connectivity index (χ4n) is 2.46. The molecular weight excluding hydrogens is 226 g/mol. The zero-order chi connectivity index (χ0) is 13.1. The molecule has 5 nitrogen and oxygen atoms in total. The van der Waals surface area contributed by atoms with E-state index in [-0.39, 0.29) is 0 Å². The molecule has 2 rings (SSSR count). The maximum absolute atomic E-state index is 5.87. The van der Waals surface area contributed by atoms with Crippen LogP contribution in [-0.2, 0) is 0 Å². The van der Waals surface area contributed by atoms with Crippen LogP contribution in [0.5, 0.6) is 0 Å². The highest BCUT2D eigenvalue weighted by Crippen LogP contribution is 2.25. The Balaban J connectivity index is 2.30. The van der Waals surface area contributed by atoms with Gasteiger partial charge in [-0.25, -0.2) is 9.97 Å². The van der Waals surface area contributed by atoms with E-state index in [2.05, 4.69) is 20.9 Å². The number of nitrogens with two attached hydrogens (primary N) is 1. The number of aryl methyl sites for hydroxylation is 1. The number of nitrogens with zero attached hydrogens (tertiary/aromatic N) is 4. The van der Waals surface area contributed by atoms with Crippen LogP contribution < -0.4 is 15.5 Å². The number of aromatic nitrogens is 2. The zero-order valence-corrected chi connectivity index (χ0v) is 11.6. The van der Waals surface area contributed by atoms with Crippen LogP contribution in [0.15, 0.2) is 6.07 Å². The summed E-state index contributed by atoms with van der Waals surface area (Å²) in [7, 11) is 4.00. The normalized spacial score (nSPS) is 20.0. The Morgan fingerprint density at radius 1 is 1.39 bits per heavy atom. The maximum Gasteiger partial charge on any atom is 0.134 e. The van der Waals surface area contributed by atoms with E-state index < -0.39 is 0 Å². The summed E-state index contributed by atoms with van der Waals surface area (Å²) >= 11 is 0. The van der Waals surface area contributed by atoms with Gasteiger partial charge in [0, 0.05) is 39.3 Å². The molecule has 5 heteroatoms. The third kappa shape index (κ3) is 2.72. The van der Waals surface area contributed by atoms with Gasteiger partial charge in [0.05, 0.1) is 0 Å². The molecular formula is C13H23N5. The minimum absolute atomic E-state index is 0.420. The van der Waals surface area contributed by atoms with Crippen molar-refractivity contribution in [2.24, 2.45) is 5.73 Å². The van der Waals surface area contributed by atoms with Gasteiger partial charge in [-0.05, 0) is 26.2 Å². The Morgan fingerprint density at radius 3 is 2.83 bits per heavy atom. The third-order valence-electron chi connectivity index (χ3n) is 3.46. The molecule has 0 radical (unpaired) electrons. The van der Waals surface area contributed by atoms with Gasteiger partial charge in [0.1, 0.15) is 17.5 Å². The topological polar surface area (TPSA) is 58.3 Å². The lowest BCUT2D eigenvalue weighted by atomic mass is 10.0. The van der Waals surface area contributed by atoms with E-state index in [1.54, 1.807) is 0 Å². The molecule has 0 aliphatic carbocycles. The molecule has 1 saturated heterocycles. The van der Waals surface area contributed by atoms with Crippen LogP contribution in [0.25, 0.3) is 0 Å². The second-order valence-corrected chi connectivity index (χ2v) is 5.10. The van der Waals surface area contributed by atoms with Crippen molar-refractivity contribution in [2.75, 3.05) is 37.0 Å². The van der Waals surface area contributed by atoms with E-state index in [9.17, 15) is 0 Å². The molecule has 0 spiro atoms. The van der Waals surface area contributed by atoms with Crippen molar-refractivity contribution in [3.8, 4) is 0 Å². The first-order valence-electron chi connectivity index (χ1n) is 6.61. The molecule has 1 aromatic rings. The molecule has 1 aliphatic rings. The summed E-state index contributed by atoms with van der Waals surface area (Å²) in [5.41, 5.74) is 5.87. The number of anilines is 2. The van der Waals surface area contributed by atoms with Crippen LogP contribution >= 0.6 is 0 Å². The van der Waals surface area contributed by atoms with Gasteiger partial charge in [-0.1, -0.05) is 0 Å². The Morgan fingerprint density at radius 2 is 2.17 bits per heavy atom. The minimum Gasteiger partial charge on any atom is -0.363 e. The van der Waals surface area contributed by atoms with E-state index in [1.807, 2.05) is 25.9 Å². The van der Waals surface area contributed by atoms with Crippen LogP contribution in [0.1, 0.15) is 25.1 Å². The van der Waals surface area contributed by atoms with Gasteiger partial charge in [0.15, 0.2) is 0 Å². The summed E-state index contributed by atoms with van der Waals surface area (Å²) in [6.45, 7) is 3.68. The van der Waals surface area contributed by atoms with Gasteiger partial charge in [-0.15, -0.1) is 0 Å². The summed E-state index contributed by atoms with van der Waals surface area (Å²) in [6, 6.07) is 2.48. The Bertz CT molecular complexity index is 404. The van der Waals surface area contributed by atoms with Gasteiger partial charge >= 0.3 is 0 Å². The number of piperidine rings is 1. The standard InChI is InChI=1S/C13H23N5/c1-10-15-12(17(2)3)8-13(16-10)18-7-5-4-6-11(18)9-14/h8,11H,4-7,9,14H2,1-3H3. The zero-order valence-electron chi connectivity index (χ0n) is 11.6. The summed E-state index contributed by atoms with van der Waals surface area (Å²) in [4.78, 5) is 13.4. The first-order valence-corrected chi connectivity index (χ1v) is 6.61. The van der Waals surface area contributed by atoms with Crippen molar-refractivity contribution in [3.05, 3.63) is 11.9 Å². The van der Waals surface area contributed by atoms with E-state index in [0.717, 1.165) is 30.4 Å². The van der Waals surface area contributed by atoms with Crippen molar-refractivity contribution in [1.82, 2.24) is 9.97 Å². The van der Waals surface area contributed by atoms with Crippen LogP contribution in [0.3, 0.4) is 0 Å². The van der Waals surface area contributed by atoms with Gasteiger partial charge in [-0.2, -0.15) is 0 Å². The molecule has 18 heavy (non-hydrogen) atoms. The third-order valence-corrected chi connectivity index (χ3v) is 3.46. The van der Waals surface area contributed by atoms with Crippen LogP contribution in [0, 0.1) is 6.92 Å². The summed E-state index contributed by atoms with van der Waals surface area (Å²) < 4.78 is 0. The molecule has 1 unspecified atom stereocenters. The number of hydrogen-bond donors (Lipinski definition) is 1. The molecule has 100 valence electrons. The molecule has 0 aromatic carbocycles. The van der Waals surface area contributed by atoms with Crippen molar-refractivity contribution in [2.45, 2.75) is 32.2 Å². The Labute approximate surface area is 109 Å². The highest BCUT2D eigenvalue weighted by atomic mass is 15.2. The monoisotopic (exact) mass is 249 g/mol. The van der Waals surface area contributed by atoms with Gasteiger partial charge in [0.2, 0.25) is 0 Å². The largest absolute Gasteiger partial charge is 0.363 e. The predicted molar refractivity (Wildman–Crippen MR) is 75.1 cm³/mol. The minimum atomic E-state index is 0.420. The number of rotatable bonds is 3. The summed E-state index contributed by atoms with van der Waals surface area (Å²) in [6.07, 6.45) is 3.65. The first kappa shape index (κ1) is 13.1. The molecule has 1 aromatic heterocycles. The van der Waals surface area contributed by atoms with Crippen molar-refractivity contribution in [1.29, 1.82) is 0 Å². The molecule has 1 atom stereocenters. The predicted octanol–water partition coefficient (Wildman–Crippen LogP) is 1.17. The lowest BCUT2D eigenvalue weighted by Gasteiger charge is -2.36. The Kier molecular flexibility index (Phi) is 4.01. The quantitative estimate of drug-likeness (QED) is 0.871. The second kappa shape index (κ2) is 5.52. The summed E-state index contributed by atoms with van der Waals surface area (Å²) in [5, 5.41) is 0. The molecule has 1 aliphatic heterocycles. The molecule has 2 N–H and O–H groups in total. The molecule has 0 amide bonds. The highest BCUT2D eigenvalue weighted by Gasteiger charge is 2.23. The fourth-order valence-corrected chi connectivity index (χ4v) is 2.46. The van der Waals surface area contributed by atoms with E-state index >= 15 is 0 Å². The average Bonchev–Trinajstić information content (AvgIpc) is 2.38. The second-order valence-electron chi connectivity index (χ2n) is 5.10. The Hall–Kier alpha value is -1.36. The van der Waals surface area contributed by atoms with E-state index in [4.69, 9.17) is 5.73 Å². The van der Waals surface area contributed by atoms with E-state index in [1.165, 1.54) is 12.8 Å². The lowest BCUT2D eigenvalue weighted by molar-refractivity contribution is 0.461. The van der Waals surface area contributed by atoms with Crippen molar-refractivity contribution >= 4 is 11.6 Å². The first-order chi connectivity index (χ1) is 8.61. The van der Waals surface area contributed by atoms with Crippen LogP contribution in [0.2, 0.25) is 0 Å². The molecule has 2 heterocycles. The summed E-state index contributed by atoms with van der Waals surface area (Å²) in [5.74, 6) is 2.79. The maximum atomic E-state index is 5.87. The average molecular weight is 249 g/mol. The molecule has 1 fully saturated rings. The molecule has 0 bridgehead atoms. The van der Waals surface area contributed by atoms with Gasteiger partial charge < -0.3 is 15.5 Å². The van der Waals surface area contributed by atoms with Gasteiger partial charge in [-0.3, -0.25) is 0 Å².